The van der Waals surface area contributed by atoms with E-state index in [1.165, 1.54) is 23.8 Å². The average Bonchev–Trinajstić information content (AvgIpc) is 3.11. The third-order valence-electron chi connectivity index (χ3n) is 4.45. The highest BCUT2D eigenvalue weighted by atomic mass is 32.1. The lowest BCUT2D eigenvalue weighted by atomic mass is 10.0. The van der Waals surface area contributed by atoms with Crippen molar-refractivity contribution in [2.45, 2.75) is 39.7 Å². The quantitative estimate of drug-likeness (QED) is 0.740. The molecule has 1 amide bonds. The topological polar surface area (TPSA) is 98.7 Å². The van der Waals surface area contributed by atoms with Gasteiger partial charge in [0, 0.05) is 30.8 Å². The molecule has 134 valence electrons. The first-order chi connectivity index (χ1) is 12.6. The van der Waals surface area contributed by atoms with Crippen molar-refractivity contribution in [2.24, 2.45) is 0 Å². The molecule has 3 aromatic heterocycles. The number of aromatic nitrogens is 4. The van der Waals surface area contributed by atoms with Crippen LogP contribution < -0.4 is 11.1 Å². The summed E-state index contributed by atoms with van der Waals surface area (Å²) < 4.78 is 2.03. The number of carbonyl (C=O) groups excluding carboxylic acids is 1. The molecule has 0 fully saturated rings. The summed E-state index contributed by atoms with van der Waals surface area (Å²) in [7, 11) is 0. The molecule has 7 nitrogen and oxygen atoms in total. The molecular weight excluding hydrogens is 348 g/mol. The number of carbonyl (C=O) groups is 1. The minimum atomic E-state index is -0.105. The van der Waals surface area contributed by atoms with Crippen molar-refractivity contribution in [3.8, 4) is 21.8 Å². The predicted octanol–water partition coefficient (Wildman–Crippen LogP) is 3.12. The predicted molar refractivity (Wildman–Crippen MR) is 103 cm³/mol. The molecule has 0 saturated heterocycles. The van der Waals surface area contributed by atoms with Gasteiger partial charge in [0.1, 0.15) is 5.82 Å². The molecule has 26 heavy (non-hydrogen) atoms. The van der Waals surface area contributed by atoms with E-state index in [1.807, 2.05) is 10.7 Å². The number of thiazole rings is 1. The molecular formula is C18H20N6OS. The fourth-order valence-corrected chi connectivity index (χ4v) is 4.47. The minimum Gasteiger partial charge on any atom is -0.384 e. The van der Waals surface area contributed by atoms with Crippen molar-refractivity contribution in [2.75, 3.05) is 11.1 Å². The van der Waals surface area contributed by atoms with Crippen LogP contribution in [0.25, 0.3) is 21.8 Å². The second kappa shape index (κ2) is 6.53. The van der Waals surface area contributed by atoms with Crippen molar-refractivity contribution in [3.63, 3.8) is 0 Å². The normalized spacial score (nSPS) is 13.0. The minimum absolute atomic E-state index is 0.105. The summed E-state index contributed by atoms with van der Waals surface area (Å²) in [5, 5.41) is 8.31. The highest BCUT2D eigenvalue weighted by Crippen LogP contribution is 2.42. The summed E-state index contributed by atoms with van der Waals surface area (Å²) in [6.45, 7) is 4.34. The number of fused-ring (bicyclic) bond motifs is 3. The summed E-state index contributed by atoms with van der Waals surface area (Å²) in [6.07, 6.45) is 4.60. The van der Waals surface area contributed by atoms with Crippen LogP contribution in [0.2, 0.25) is 0 Å². The van der Waals surface area contributed by atoms with E-state index in [-0.39, 0.29) is 5.91 Å². The Bertz CT molecular complexity index is 972. The van der Waals surface area contributed by atoms with E-state index in [0.717, 1.165) is 53.3 Å². The largest absolute Gasteiger partial charge is 0.384 e. The second-order valence-corrected chi connectivity index (χ2v) is 7.29. The van der Waals surface area contributed by atoms with Crippen LogP contribution in [0.5, 0.6) is 0 Å². The highest BCUT2D eigenvalue weighted by Gasteiger charge is 2.27. The van der Waals surface area contributed by atoms with E-state index in [0.29, 0.717) is 10.9 Å². The van der Waals surface area contributed by atoms with E-state index >= 15 is 0 Å². The number of nitrogens with zero attached hydrogens (tertiary/aromatic N) is 4. The fourth-order valence-electron chi connectivity index (χ4n) is 3.34. The molecule has 1 aliphatic rings. The Morgan fingerprint density at radius 1 is 1.38 bits per heavy atom. The number of aryl methyl sites for hydroxylation is 2. The van der Waals surface area contributed by atoms with E-state index in [9.17, 15) is 4.79 Å². The second-order valence-electron chi connectivity index (χ2n) is 6.29. The summed E-state index contributed by atoms with van der Waals surface area (Å²) >= 11 is 1.52. The summed E-state index contributed by atoms with van der Waals surface area (Å²) in [4.78, 5) is 21.4. The molecule has 0 aliphatic heterocycles. The molecule has 0 bridgehead atoms. The van der Waals surface area contributed by atoms with E-state index in [1.54, 1.807) is 12.3 Å². The molecule has 3 aromatic rings. The van der Waals surface area contributed by atoms with Gasteiger partial charge in [-0.15, -0.1) is 0 Å². The van der Waals surface area contributed by atoms with Gasteiger partial charge in [-0.1, -0.05) is 11.3 Å². The van der Waals surface area contributed by atoms with Crippen LogP contribution in [0.4, 0.5) is 10.9 Å². The zero-order chi connectivity index (χ0) is 18.3. The average molecular weight is 368 g/mol. The Morgan fingerprint density at radius 2 is 2.23 bits per heavy atom. The zero-order valence-electron chi connectivity index (χ0n) is 14.7. The lowest BCUT2D eigenvalue weighted by Crippen LogP contribution is -2.05. The molecule has 0 radical (unpaired) electrons. The fraction of sp³-hybridized carbons (Fsp3) is 0.333. The number of nitrogen functional groups attached to an aromatic ring is 1. The van der Waals surface area contributed by atoms with E-state index < -0.39 is 0 Å². The van der Waals surface area contributed by atoms with Gasteiger partial charge in [0.15, 0.2) is 5.13 Å². The van der Waals surface area contributed by atoms with E-state index in [2.05, 4.69) is 22.2 Å². The third kappa shape index (κ3) is 2.86. The van der Waals surface area contributed by atoms with Crippen molar-refractivity contribution < 1.29 is 4.79 Å². The number of nitrogens with two attached hydrogens (primary N) is 1. The Balaban J connectivity index is 1.88. The van der Waals surface area contributed by atoms with Crippen LogP contribution in [0, 0.1) is 0 Å². The molecule has 4 rings (SSSR count). The maximum atomic E-state index is 11.4. The molecule has 0 unspecified atom stereocenters. The van der Waals surface area contributed by atoms with Crippen molar-refractivity contribution >= 4 is 28.2 Å². The number of hydrogen-bond donors (Lipinski definition) is 2. The monoisotopic (exact) mass is 368 g/mol. The zero-order valence-corrected chi connectivity index (χ0v) is 15.6. The van der Waals surface area contributed by atoms with Gasteiger partial charge in [0.2, 0.25) is 5.91 Å². The number of amides is 1. The van der Waals surface area contributed by atoms with Gasteiger partial charge in [-0.3, -0.25) is 9.48 Å². The number of nitrogens with one attached hydrogen (secondary N) is 1. The van der Waals surface area contributed by atoms with Crippen LogP contribution in [0.1, 0.15) is 31.5 Å². The van der Waals surface area contributed by atoms with Gasteiger partial charge < -0.3 is 11.1 Å². The highest BCUT2D eigenvalue weighted by molar-refractivity contribution is 7.19. The van der Waals surface area contributed by atoms with Crippen LogP contribution >= 0.6 is 11.3 Å². The molecule has 0 spiro atoms. The van der Waals surface area contributed by atoms with Crippen LogP contribution in [0.15, 0.2) is 18.3 Å². The lowest BCUT2D eigenvalue weighted by Gasteiger charge is -2.04. The van der Waals surface area contributed by atoms with Crippen molar-refractivity contribution in [1.29, 1.82) is 0 Å². The number of pyridine rings is 1. The van der Waals surface area contributed by atoms with E-state index in [4.69, 9.17) is 10.8 Å². The van der Waals surface area contributed by atoms with Gasteiger partial charge >= 0.3 is 0 Å². The first kappa shape index (κ1) is 16.7. The summed E-state index contributed by atoms with van der Waals surface area (Å²) in [5.41, 5.74) is 11.0. The molecule has 0 saturated carbocycles. The lowest BCUT2D eigenvalue weighted by molar-refractivity contribution is -0.114. The number of anilines is 2. The molecule has 1 aliphatic carbocycles. The standard InChI is InChI=1S/C18H20N6OS/c1-3-24-16-12(15(23-24)11-7-8-14(19)20-9-11)5-4-6-13-17(16)26-18(22-13)21-10(2)25/h7-9H,3-6H2,1-2H3,(H2,19,20)(H,21,22,25). The first-order valence-corrected chi connectivity index (χ1v) is 9.47. The Labute approximate surface area is 155 Å². The smallest absolute Gasteiger partial charge is 0.223 e. The summed E-state index contributed by atoms with van der Waals surface area (Å²) in [5.74, 6) is 0.395. The maximum absolute atomic E-state index is 11.4. The van der Waals surface area contributed by atoms with Gasteiger partial charge in [-0.2, -0.15) is 5.10 Å². The third-order valence-corrected chi connectivity index (χ3v) is 5.47. The van der Waals surface area contributed by atoms with Crippen LogP contribution in [-0.4, -0.2) is 25.7 Å². The van der Waals surface area contributed by atoms with Crippen LogP contribution in [0.3, 0.4) is 0 Å². The van der Waals surface area contributed by atoms with Crippen molar-refractivity contribution in [3.05, 3.63) is 29.6 Å². The number of hydrogen-bond acceptors (Lipinski definition) is 6. The molecule has 0 aromatic carbocycles. The summed E-state index contributed by atoms with van der Waals surface area (Å²) in [6, 6.07) is 3.77. The first-order valence-electron chi connectivity index (χ1n) is 8.66. The molecule has 3 heterocycles. The Hall–Kier alpha value is -2.74. The maximum Gasteiger partial charge on any atom is 0.223 e. The van der Waals surface area contributed by atoms with Crippen molar-refractivity contribution in [1.82, 2.24) is 19.7 Å². The molecule has 0 atom stereocenters. The SMILES string of the molecule is CCn1nc(-c2ccc(N)nc2)c2c1-c1sc(NC(C)=O)nc1CCC2. The molecule has 8 heteroatoms. The Morgan fingerprint density at radius 3 is 2.92 bits per heavy atom. The Kier molecular flexibility index (Phi) is 4.20. The van der Waals surface area contributed by atoms with Gasteiger partial charge in [-0.05, 0) is 38.3 Å². The number of rotatable bonds is 3. The van der Waals surface area contributed by atoms with Gasteiger partial charge in [0.25, 0.3) is 0 Å². The van der Waals surface area contributed by atoms with Gasteiger partial charge in [-0.25, -0.2) is 9.97 Å². The molecule has 3 N–H and O–H groups in total. The van der Waals surface area contributed by atoms with Crippen LogP contribution in [-0.2, 0) is 24.2 Å². The van der Waals surface area contributed by atoms with Gasteiger partial charge in [0.05, 0.1) is 22.0 Å².